The molecule has 0 saturated heterocycles. The number of rotatable bonds is 4. The Morgan fingerprint density at radius 2 is 1.89 bits per heavy atom. The number of carbonyl (C=O) groups is 1. The normalized spacial score (nSPS) is 10.2. The molecule has 98 valence electrons. The van der Waals surface area contributed by atoms with Gasteiger partial charge in [-0.25, -0.2) is 0 Å². The van der Waals surface area contributed by atoms with E-state index in [4.69, 9.17) is 23.2 Å². The summed E-state index contributed by atoms with van der Waals surface area (Å²) in [4.78, 5) is 12.0. The molecule has 0 radical (unpaired) electrons. The Labute approximate surface area is 122 Å². The zero-order chi connectivity index (χ0) is 13.7. The summed E-state index contributed by atoms with van der Waals surface area (Å²) in [6.45, 7) is 0.406. The van der Waals surface area contributed by atoms with Gasteiger partial charge in [-0.05, 0) is 29.3 Å². The highest BCUT2D eigenvalue weighted by molar-refractivity contribution is 6.31. The summed E-state index contributed by atoms with van der Waals surface area (Å²) in [5.74, 6) is 0.262. The van der Waals surface area contributed by atoms with Crippen LogP contribution < -0.4 is 5.32 Å². The smallest absolute Gasteiger partial charge is 0.251 e. The Hall–Kier alpha value is -1.51. The second kappa shape index (κ2) is 6.60. The Kier molecular flexibility index (Phi) is 4.83. The predicted octanol–water partition coefficient (Wildman–Crippen LogP) is 4.01. The van der Waals surface area contributed by atoms with Crippen LogP contribution >= 0.6 is 23.2 Å². The van der Waals surface area contributed by atoms with E-state index in [0.717, 1.165) is 11.1 Å². The summed E-state index contributed by atoms with van der Waals surface area (Å²) in [7, 11) is 0. The first-order valence-electron chi connectivity index (χ1n) is 5.87. The molecule has 0 aliphatic carbocycles. The van der Waals surface area contributed by atoms with Gasteiger partial charge in [-0.3, -0.25) is 4.79 Å². The molecular formula is C15H13Cl2NO. The maximum atomic E-state index is 12.0. The molecule has 0 atom stereocenters. The van der Waals surface area contributed by atoms with Crippen LogP contribution in [0.2, 0.25) is 5.02 Å². The zero-order valence-electron chi connectivity index (χ0n) is 10.2. The number of amides is 1. The summed E-state index contributed by atoms with van der Waals surface area (Å²) in [5, 5.41) is 3.49. The minimum Gasteiger partial charge on any atom is -0.348 e. The summed E-state index contributed by atoms with van der Waals surface area (Å²) in [6, 6.07) is 14.7. The third-order valence-electron chi connectivity index (χ3n) is 2.74. The van der Waals surface area contributed by atoms with Crippen LogP contribution in [0, 0.1) is 0 Å². The first-order chi connectivity index (χ1) is 9.20. The van der Waals surface area contributed by atoms with Gasteiger partial charge in [0, 0.05) is 23.0 Å². The number of halogens is 2. The van der Waals surface area contributed by atoms with E-state index in [0.29, 0.717) is 23.0 Å². The molecule has 0 aromatic heterocycles. The molecule has 0 bridgehead atoms. The molecule has 0 aliphatic heterocycles. The lowest BCUT2D eigenvalue weighted by molar-refractivity contribution is 0.0951. The van der Waals surface area contributed by atoms with Gasteiger partial charge < -0.3 is 5.32 Å². The number of nitrogens with one attached hydrogen (secondary N) is 1. The molecule has 2 aromatic carbocycles. The van der Waals surface area contributed by atoms with Crippen molar-refractivity contribution in [3.8, 4) is 0 Å². The minimum atomic E-state index is -0.133. The molecule has 4 heteroatoms. The molecule has 0 spiro atoms. The molecule has 0 unspecified atom stereocenters. The summed E-state index contributed by atoms with van der Waals surface area (Å²) in [6.07, 6.45) is 0. The van der Waals surface area contributed by atoms with Crippen LogP contribution in [-0.4, -0.2) is 5.91 Å². The minimum absolute atomic E-state index is 0.133. The summed E-state index contributed by atoms with van der Waals surface area (Å²) < 4.78 is 0. The van der Waals surface area contributed by atoms with Gasteiger partial charge in [0.1, 0.15) is 0 Å². The van der Waals surface area contributed by atoms with Crippen molar-refractivity contribution in [2.24, 2.45) is 0 Å². The van der Waals surface area contributed by atoms with Gasteiger partial charge in [-0.1, -0.05) is 41.9 Å². The van der Waals surface area contributed by atoms with Crippen LogP contribution in [0.25, 0.3) is 0 Å². The van der Waals surface area contributed by atoms with Crippen molar-refractivity contribution in [2.75, 3.05) is 0 Å². The standard InChI is InChI=1S/C15H13Cl2NO/c16-9-11-4-3-6-12(8-11)15(19)18-10-13-5-1-2-7-14(13)17/h1-8H,9-10H2,(H,18,19). The average molecular weight is 294 g/mol. The second-order valence-corrected chi connectivity index (χ2v) is 4.78. The van der Waals surface area contributed by atoms with E-state index in [1.807, 2.05) is 30.3 Å². The molecule has 1 N–H and O–H groups in total. The van der Waals surface area contributed by atoms with Gasteiger partial charge in [0.15, 0.2) is 0 Å². The molecule has 1 amide bonds. The molecule has 2 aromatic rings. The Balaban J connectivity index is 2.03. The SMILES string of the molecule is O=C(NCc1ccccc1Cl)c1cccc(CCl)c1. The fourth-order valence-electron chi connectivity index (χ4n) is 1.72. The maximum absolute atomic E-state index is 12.0. The number of carbonyl (C=O) groups excluding carboxylic acids is 1. The van der Waals surface area contributed by atoms with Gasteiger partial charge in [0.25, 0.3) is 5.91 Å². The molecular weight excluding hydrogens is 281 g/mol. The van der Waals surface area contributed by atoms with E-state index >= 15 is 0 Å². The fourth-order valence-corrected chi connectivity index (χ4v) is 2.08. The molecule has 0 heterocycles. The first kappa shape index (κ1) is 13.9. The highest BCUT2D eigenvalue weighted by Gasteiger charge is 2.06. The van der Waals surface area contributed by atoms with Crippen molar-refractivity contribution in [3.63, 3.8) is 0 Å². The van der Waals surface area contributed by atoms with Crippen molar-refractivity contribution >= 4 is 29.1 Å². The number of hydrogen-bond acceptors (Lipinski definition) is 1. The number of hydrogen-bond donors (Lipinski definition) is 1. The van der Waals surface area contributed by atoms with Crippen LogP contribution in [0.4, 0.5) is 0 Å². The monoisotopic (exact) mass is 293 g/mol. The highest BCUT2D eigenvalue weighted by Crippen LogP contribution is 2.14. The molecule has 2 nitrogen and oxygen atoms in total. The molecule has 0 aliphatic rings. The van der Waals surface area contributed by atoms with Crippen LogP contribution in [-0.2, 0) is 12.4 Å². The molecule has 2 rings (SSSR count). The highest BCUT2D eigenvalue weighted by atomic mass is 35.5. The quantitative estimate of drug-likeness (QED) is 0.848. The van der Waals surface area contributed by atoms with Crippen LogP contribution in [0.15, 0.2) is 48.5 Å². The third-order valence-corrected chi connectivity index (χ3v) is 3.42. The van der Waals surface area contributed by atoms with Crippen molar-refractivity contribution in [1.29, 1.82) is 0 Å². The predicted molar refractivity (Wildman–Crippen MR) is 78.6 cm³/mol. The first-order valence-corrected chi connectivity index (χ1v) is 6.78. The van der Waals surface area contributed by atoms with Gasteiger partial charge in [0.2, 0.25) is 0 Å². The van der Waals surface area contributed by atoms with E-state index in [1.54, 1.807) is 18.2 Å². The Morgan fingerprint density at radius 3 is 2.63 bits per heavy atom. The fraction of sp³-hybridized carbons (Fsp3) is 0.133. The summed E-state index contributed by atoms with van der Waals surface area (Å²) >= 11 is 11.8. The lowest BCUT2D eigenvalue weighted by Gasteiger charge is -2.07. The lowest BCUT2D eigenvalue weighted by Crippen LogP contribution is -2.23. The van der Waals surface area contributed by atoms with E-state index in [-0.39, 0.29) is 5.91 Å². The van der Waals surface area contributed by atoms with Gasteiger partial charge in [-0.15, -0.1) is 11.6 Å². The van der Waals surface area contributed by atoms with Crippen LogP contribution in [0.5, 0.6) is 0 Å². The van der Waals surface area contributed by atoms with Gasteiger partial charge in [-0.2, -0.15) is 0 Å². The third kappa shape index (κ3) is 3.72. The van der Waals surface area contributed by atoms with Gasteiger partial charge in [0.05, 0.1) is 0 Å². The van der Waals surface area contributed by atoms with Gasteiger partial charge >= 0.3 is 0 Å². The molecule has 0 fully saturated rings. The van der Waals surface area contributed by atoms with E-state index < -0.39 is 0 Å². The zero-order valence-corrected chi connectivity index (χ0v) is 11.7. The topological polar surface area (TPSA) is 29.1 Å². The second-order valence-electron chi connectivity index (χ2n) is 4.11. The van der Waals surface area contributed by atoms with Crippen molar-refractivity contribution < 1.29 is 4.79 Å². The Morgan fingerprint density at radius 1 is 1.11 bits per heavy atom. The Bertz CT molecular complexity index is 584. The van der Waals surface area contributed by atoms with E-state index in [1.165, 1.54) is 0 Å². The number of benzene rings is 2. The lowest BCUT2D eigenvalue weighted by atomic mass is 10.1. The number of alkyl halides is 1. The van der Waals surface area contributed by atoms with Crippen LogP contribution in [0.1, 0.15) is 21.5 Å². The van der Waals surface area contributed by atoms with E-state index in [2.05, 4.69) is 5.32 Å². The van der Waals surface area contributed by atoms with Crippen molar-refractivity contribution in [2.45, 2.75) is 12.4 Å². The largest absolute Gasteiger partial charge is 0.348 e. The van der Waals surface area contributed by atoms with Crippen molar-refractivity contribution in [3.05, 3.63) is 70.2 Å². The molecule has 19 heavy (non-hydrogen) atoms. The molecule has 0 saturated carbocycles. The maximum Gasteiger partial charge on any atom is 0.251 e. The van der Waals surface area contributed by atoms with Crippen LogP contribution in [0.3, 0.4) is 0 Å². The van der Waals surface area contributed by atoms with E-state index in [9.17, 15) is 4.79 Å². The average Bonchev–Trinajstić information content (AvgIpc) is 2.46. The summed E-state index contributed by atoms with van der Waals surface area (Å²) in [5.41, 5.74) is 2.42. The van der Waals surface area contributed by atoms with Crippen molar-refractivity contribution in [1.82, 2.24) is 5.32 Å².